The fourth-order valence-corrected chi connectivity index (χ4v) is 2.02. The van der Waals surface area contributed by atoms with Crippen LogP contribution in [0.5, 0.6) is 0 Å². The molecule has 0 bridgehead atoms. The van der Waals surface area contributed by atoms with Gasteiger partial charge in [0.25, 0.3) is 0 Å². The Balaban J connectivity index is 2.45. The molecule has 0 spiro atoms. The van der Waals surface area contributed by atoms with Crippen LogP contribution < -0.4 is 5.73 Å². The zero-order valence-corrected chi connectivity index (χ0v) is 10.5. The molecule has 2 rings (SSSR count). The molecule has 17 heavy (non-hydrogen) atoms. The molecular formula is C14H15ClN2. The molecule has 0 aliphatic rings. The van der Waals surface area contributed by atoms with E-state index in [0.717, 1.165) is 24.0 Å². The van der Waals surface area contributed by atoms with Gasteiger partial charge < -0.3 is 5.73 Å². The molecule has 0 unspecified atom stereocenters. The maximum Gasteiger partial charge on any atom is 0.131 e. The molecule has 0 atom stereocenters. The Morgan fingerprint density at radius 2 is 2.12 bits per heavy atom. The predicted molar refractivity (Wildman–Crippen MR) is 73.1 cm³/mol. The van der Waals surface area contributed by atoms with E-state index < -0.39 is 0 Å². The van der Waals surface area contributed by atoms with Gasteiger partial charge >= 0.3 is 0 Å². The average molecular weight is 247 g/mol. The lowest BCUT2D eigenvalue weighted by atomic mass is 10.0. The first-order valence-electron chi connectivity index (χ1n) is 5.71. The minimum absolute atomic E-state index is 0.517. The van der Waals surface area contributed by atoms with Crippen LogP contribution in [0.1, 0.15) is 18.9 Å². The third-order valence-electron chi connectivity index (χ3n) is 2.66. The van der Waals surface area contributed by atoms with Gasteiger partial charge in [-0.3, -0.25) is 0 Å². The standard InChI is InChI=1S/C14H15ClN2/c1-2-4-10-5-3-6-11(7-10)13-8-12(15)9-17-14(13)16/h3,5-9H,2,4H2,1H3,(H2,16,17). The Morgan fingerprint density at radius 3 is 2.88 bits per heavy atom. The Kier molecular flexibility index (Phi) is 3.64. The van der Waals surface area contributed by atoms with Gasteiger partial charge in [-0.25, -0.2) is 4.98 Å². The summed E-state index contributed by atoms with van der Waals surface area (Å²) in [4.78, 5) is 4.08. The quantitative estimate of drug-likeness (QED) is 0.891. The van der Waals surface area contributed by atoms with Crippen molar-refractivity contribution in [2.45, 2.75) is 19.8 Å². The molecule has 1 heterocycles. The van der Waals surface area contributed by atoms with Gasteiger partial charge in [0, 0.05) is 11.8 Å². The summed E-state index contributed by atoms with van der Waals surface area (Å²) in [5, 5.41) is 0.607. The highest BCUT2D eigenvalue weighted by Gasteiger charge is 2.05. The summed E-state index contributed by atoms with van der Waals surface area (Å²) in [6.45, 7) is 2.17. The Morgan fingerprint density at radius 1 is 1.29 bits per heavy atom. The van der Waals surface area contributed by atoms with Gasteiger partial charge in [-0.1, -0.05) is 49.2 Å². The number of anilines is 1. The smallest absolute Gasteiger partial charge is 0.131 e. The van der Waals surface area contributed by atoms with E-state index in [1.165, 1.54) is 5.56 Å². The van der Waals surface area contributed by atoms with Crippen LogP contribution in [0.2, 0.25) is 5.02 Å². The Labute approximate surface area is 106 Å². The van der Waals surface area contributed by atoms with Crippen molar-refractivity contribution in [1.29, 1.82) is 0 Å². The molecule has 0 aliphatic carbocycles. The molecule has 3 heteroatoms. The summed E-state index contributed by atoms with van der Waals surface area (Å²) in [6.07, 6.45) is 3.77. The highest BCUT2D eigenvalue weighted by Crippen LogP contribution is 2.27. The number of hydrogen-bond donors (Lipinski definition) is 1. The number of rotatable bonds is 3. The summed E-state index contributed by atoms with van der Waals surface area (Å²) in [7, 11) is 0. The molecule has 1 aromatic carbocycles. The van der Waals surface area contributed by atoms with Crippen molar-refractivity contribution in [2.24, 2.45) is 0 Å². The number of aromatic nitrogens is 1. The number of benzene rings is 1. The number of pyridine rings is 1. The highest BCUT2D eigenvalue weighted by molar-refractivity contribution is 6.30. The van der Waals surface area contributed by atoms with Crippen molar-refractivity contribution < 1.29 is 0 Å². The van der Waals surface area contributed by atoms with Crippen LogP contribution in [0.25, 0.3) is 11.1 Å². The number of hydrogen-bond acceptors (Lipinski definition) is 2. The van der Waals surface area contributed by atoms with E-state index in [1.807, 2.05) is 18.2 Å². The molecule has 2 aromatic rings. The van der Waals surface area contributed by atoms with Crippen LogP contribution in [0.3, 0.4) is 0 Å². The molecule has 0 fully saturated rings. The maximum absolute atomic E-state index is 5.95. The van der Waals surface area contributed by atoms with Gasteiger partial charge in [0.2, 0.25) is 0 Å². The van der Waals surface area contributed by atoms with E-state index in [9.17, 15) is 0 Å². The first kappa shape index (κ1) is 11.9. The third-order valence-corrected chi connectivity index (χ3v) is 2.87. The van der Waals surface area contributed by atoms with Crippen LogP contribution in [-0.2, 0) is 6.42 Å². The molecular weight excluding hydrogens is 232 g/mol. The van der Waals surface area contributed by atoms with Crippen molar-refractivity contribution in [3.63, 3.8) is 0 Å². The second-order valence-electron chi connectivity index (χ2n) is 4.04. The maximum atomic E-state index is 5.95. The monoisotopic (exact) mass is 246 g/mol. The Bertz CT molecular complexity index is 523. The minimum atomic E-state index is 0.517. The van der Waals surface area contributed by atoms with Crippen molar-refractivity contribution in [2.75, 3.05) is 5.73 Å². The van der Waals surface area contributed by atoms with Gasteiger partial charge in [0.1, 0.15) is 5.82 Å². The predicted octanol–water partition coefficient (Wildman–Crippen LogP) is 3.94. The average Bonchev–Trinajstić information content (AvgIpc) is 2.33. The van der Waals surface area contributed by atoms with Crippen molar-refractivity contribution in [1.82, 2.24) is 4.98 Å². The van der Waals surface area contributed by atoms with E-state index in [-0.39, 0.29) is 0 Å². The second kappa shape index (κ2) is 5.19. The van der Waals surface area contributed by atoms with Crippen molar-refractivity contribution >= 4 is 17.4 Å². The highest BCUT2D eigenvalue weighted by atomic mass is 35.5. The largest absolute Gasteiger partial charge is 0.383 e. The third kappa shape index (κ3) is 2.77. The molecule has 0 amide bonds. The normalized spacial score (nSPS) is 10.5. The van der Waals surface area contributed by atoms with Gasteiger partial charge in [0.15, 0.2) is 0 Å². The fraction of sp³-hybridized carbons (Fsp3) is 0.214. The number of aryl methyl sites for hydroxylation is 1. The summed E-state index contributed by atoms with van der Waals surface area (Å²) < 4.78 is 0. The van der Waals surface area contributed by atoms with Gasteiger partial charge in [-0.15, -0.1) is 0 Å². The number of nitrogens with two attached hydrogens (primary N) is 1. The number of halogens is 1. The van der Waals surface area contributed by atoms with Gasteiger partial charge in [-0.2, -0.15) is 0 Å². The van der Waals surface area contributed by atoms with Crippen LogP contribution in [0.15, 0.2) is 36.5 Å². The van der Waals surface area contributed by atoms with E-state index in [2.05, 4.69) is 24.0 Å². The SMILES string of the molecule is CCCc1cccc(-c2cc(Cl)cnc2N)c1. The van der Waals surface area contributed by atoms with Gasteiger partial charge in [0.05, 0.1) is 5.02 Å². The number of nitrogens with zero attached hydrogens (tertiary/aromatic N) is 1. The van der Waals surface area contributed by atoms with Crippen LogP contribution >= 0.6 is 11.6 Å². The van der Waals surface area contributed by atoms with E-state index >= 15 is 0 Å². The topological polar surface area (TPSA) is 38.9 Å². The van der Waals surface area contributed by atoms with Crippen LogP contribution in [0, 0.1) is 0 Å². The summed E-state index contributed by atoms with van der Waals surface area (Å²) in [5.41, 5.74) is 9.16. The van der Waals surface area contributed by atoms with E-state index in [1.54, 1.807) is 6.20 Å². The molecule has 0 aliphatic heterocycles. The zero-order valence-electron chi connectivity index (χ0n) is 9.78. The van der Waals surface area contributed by atoms with Crippen LogP contribution in [0.4, 0.5) is 5.82 Å². The summed E-state index contributed by atoms with van der Waals surface area (Å²) in [6, 6.07) is 10.2. The molecule has 0 saturated carbocycles. The molecule has 88 valence electrons. The van der Waals surface area contributed by atoms with Crippen molar-refractivity contribution in [3.8, 4) is 11.1 Å². The van der Waals surface area contributed by atoms with Crippen molar-refractivity contribution in [3.05, 3.63) is 47.1 Å². The Hall–Kier alpha value is -1.54. The molecule has 2 nitrogen and oxygen atoms in total. The van der Waals surface area contributed by atoms with Crippen LogP contribution in [-0.4, -0.2) is 4.98 Å². The molecule has 2 N–H and O–H groups in total. The zero-order chi connectivity index (χ0) is 12.3. The van der Waals surface area contributed by atoms with E-state index in [0.29, 0.717) is 10.8 Å². The molecule has 0 saturated heterocycles. The molecule has 1 aromatic heterocycles. The lowest BCUT2D eigenvalue weighted by Gasteiger charge is -2.07. The van der Waals surface area contributed by atoms with E-state index in [4.69, 9.17) is 17.3 Å². The number of nitrogen functional groups attached to an aromatic ring is 1. The fourth-order valence-electron chi connectivity index (χ4n) is 1.86. The lowest BCUT2D eigenvalue weighted by molar-refractivity contribution is 0.922. The van der Waals surface area contributed by atoms with Gasteiger partial charge in [-0.05, 0) is 23.6 Å². The lowest BCUT2D eigenvalue weighted by Crippen LogP contribution is -1.94. The second-order valence-corrected chi connectivity index (χ2v) is 4.47. The first-order chi connectivity index (χ1) is 8.20. The summed E-state index contributed by atoms with van der Waals surface area (Å²) >= 11 is 5.95. The minimum Gasteiger partial charge on any atom is -0.383 e. The summed E-state index contributed by atoms with van der Waals surface area (Å²) in [5.74, 6) is 0.517. The first-order valence-corrected chi connectivity index (χ1v) is 6.09. The molecule has 0 radical (unpaired) electrons.